The smallest absolute Gasteiger partial charge is 0.306 e. The molecule has 0 spiro atoms. The van der Waals surface area contributed by atoms with Crippen LogP contribution >= 0.6 is 0 Å². The fourth-order valence-electron chi connectivity index (χ4n) is 2.09. The summed E-state index contributed by atoms with van der Waals surface area (Å²) in [7, 11) is 0. The van der Waals surface area contributed by atoms with Crippen LogP contribution in [0.3, 0.4) is 0 Å². The number of benzene rings is 2. The Hall–Kier alpha value is -2.29. The Morgan fingerprint density at radius 2 is 1.80 bits per heavy atom. The number of hydrogen-bond donors (Lipinski definition) is 2. The van der Waals surface area contributed by atoms with E-state index in [1.165, 1.54) is 0 Å². The standard InChI is InChI=1S/C17H18O3/c1-12(17(19)20)7-8-15-11-14(9-10-16(15)18)13-5-3-2-4-6-13/h2-6,9-12,18H,7-8H2,1H3,(H,19,20). The first-order valence-corrected chi connectivity index (χ1v) is 6.68. The number of aliphatic carboxylic acids is 1. The lowest BCUT2D eigenvalue weighted by Gasteiger charge is -2.10. The highest BCUT2D eigenvalue weighted by Crippen LogP contribution is 2.27. The number of hydrogen-bond acceptors (Lipinski definition) is 2. The van der Waals surface area contributed by atoms with Gasteiger partial charge >= 0.3 is 5.97 Å². The number of rotatable bonds is 5. The van der Waals surface area contributed by atoms with E-state index in [2.05, 4.69) is 0 Å². The molecular weight excluding hydrogens is 252 g/mol. The van der Waals surface area contributed by atoms with E-state index in [1.54, 1.807) is 13.0 Å². The second kappa shape index (κ2) is 6.24. The van der Waals surface area contributed by atoms with E-state index >= 15 is 0 Å². The summed E-state index contributed by atoms with van der Waals surface area (Å²) in [6.07, 6.45) is 1.07. The largest absolute Gasteiger partial charge is 0.508 e. The van der Waals surface area contributed by atoms with Crippen LogP contribution in [0.15, 0.2) is 48.5 Å². The fraction of sp³-hybridized carbons (Fsp3) is 0.235. The number of aromatic hydroxyl groups is 1. The molecule has 2 rings (SSSR count). The summed E-state index contributed by atoms with van der Waals surface area (Å²) >= 11 is 0. The van der Waals surface area contributed by atoms with Gasteiger partial charge in [-0.2, -0.15) is 0 Å². The van der Waals surface area contributed by atoms with E-state index in [0.717, 1.165) is 16.7 Å². The average molecular weight is 270 g/mol. The van der Waals surface area contributed by atoms with Crippen LogP contribution in [0, 0.1) is 5.92 Å². The Morgan fingerprint density at radius 3 is 2.45 bits per heavy atom. The molecule has 0 fully saturated rings. The number of phenolic OH excluding ortho intramolecular Hbond substituents is 1. The van der Waals surface area contributed by atoms with Crippen LogP contribution in [0.1, 0.15) is 18.9 Å². The molecule has 3 heteroatoms. The van der Waals surface area contributed by atoms with Gasteiger partial charge in [-0.3, -0.25) is 4.79 Å². The summed E-state index contributed by atoms with van der Waals surface area (Å²) in [5.41, 5.74) is 2.90. The van der Waals surface area contributed by atoms with Gasteiger partial charge in [-0.1, -0.05) is 43.3 Å². The molecule has 0 amide bonds. The summed E-state index contributed by atoms with van der Waals surface area (Å²) in [5.74, 6) is -0.985. The molecule has 2 N–H and O–H groups in total. The van der Waals surface area contributed by atoms with Gasteiger partial charge < -0.3 is 10.2 Å². The molecule has 0 aliphatic heterocycles. The van der Waals surface area contributed by atoms with Crippen LogP contribution in [0.5, 0.6) is 5.75 Å². The minimum Gasteiger partial charge on any atom is -0.508 e. The molecule has 3 nitrogen and oxygen atoms in total. The molecule has 20 heavy (non-hydrogen) atoms. The predicted octanol–water partition coefficient (Wildman–Crippen LogP) is 3.71. The molecule has 104 valence electrons. The summed E-state index contributed by atoms with van der Waals surface area (Å²) in [6.45, 7) is 1.68. The molecule has 0 heterocycles. The highest BCUT2D eigenvalue weighted by atomic mass is 16.4. The topological polar surface area (TPSA) is 57.5 Å². The fourth-order valence-corrected chi connectivity index (χ4v) is 2.09. The maximum atomic E-state index is 10.8. The maximum Gasteiger partial charge on any atom is 0.306 e. The van der Waals surface area contributed by atoms with Gasteiger partial charge in [0.1, 0.15) is 5.75 Å². The van der Waals surface area contributed by atoms with Crippen molar-refractivity contribution in [2.75, 3.05) is 0 Å². The van der Waals surface area contributed by atoms with Crippen molar-refractivity contribution in [3.8, 4) is 16.9 Å². The summed E-state index contributed by atoms with van der Waals surface area (Å²) in [6, 6.07) is 15.4. The zero-order valence-corrected chi connectivity index (χ0v) is 11.4. The Labute approximate surface area is 118 Å². The zero-order valence-electron chi connectivity index (χ0n) is 11.4. The van der Waals surface area contributed by atoms with E-state index < -0.39 is 11.9 Å². The Morgan fingerprint density at radius 1 is 1.10 bits per heavy atom. The SMILES string of the molecule is CC(CCc1cc(-c2ccccc2)ccc1O)C(=O)O. The molecule has 2 aromatic rings. The van der Waals surface area contributed by atoms with E-state index in [0.29, 0.717) is 12.8 Å². The van der Waals surface area contributed by atoms with Gasteiger partial charge in [0, 0.05) is 0 Å². The third kappa shape index (κ3) is 3.38. The summed E-state index contributed by atoms with van der Waals surface area (Å²) in [4.78, 5) is 10.8. The van der Waals surface area contributed by atoms with Gasteiger partial charge in [-0.15, -0.1) is 0 Å². The predicted molar refractivity (Wildman–Crippen MR) is 78.7 cm³/mol. The van der Waals surface area contributed by atoms with Crippen molar-refractivity contribution in [2.45, 2.75) is 19.8 Å². The zero-order chi connectivity index (χ0) is 14.5. The van der Waals surface area contributed by atoms with Crippen molar-refractivity contribution in [1.29, 1.82) is 0 Å². The maximum absolute atomic E-state index is 10.8. The van der Waals surface area contributed by atoms with Crippen molar-refractivity contribution < 1.29 is 15.0 Å². The van der Waals surface area contributed by atoms with Crippen molar-refractivity contribution in [1.82, 2.24) is 0 Å². The number of carbonyl (C=O) groups is 1. The highest BCUT2D eigenvalue weighted by molar-refractivity contribution is 5.69. The lowest BCUT2D eigenvalue weighted by Crippen LogP contribution is -2.10. The van der Waals surface area contributed by atoms with E-state index in [1.807, 2.05) is 42.5 Å². The normalized spacial score (nSPS) is 12.1. The molecule has 1 atom stereocenters. The summed E-state index contributed by atoms with van der Waals surface area (Å²) in [5, 5.41) is 18.8. The molecule has 2 aromatic carbocycles. The van der Waals surface area contributed by atoms with Crippen LogP contribution in [-0.4, -0.2) is 16.2 Å². The first-order valence-electron chi connectivity index (χ1n) is 6.68. The summed E-state index contributed by atoms with van der Waals surface area (Å²) < 4.78 is 0. The third-order valence-electron chi connectivity index (χ3n) is 3.45. The number of carboxylic acid groups (broad SMARTS) is 1. The van der Waals surface area contributed by atoms with Crippen LogP contribution in [0.2, 0.25) is 0 Å². The molecule has 0 aromatic heterocycles. The van der Waals surface area contributed by atoms with Gasteiger partial charge in [0.15, 0.2) is 0 Å². The van der Waals surface area contributed by atoms with Crippen LogP contribution in [0.4, 0.5) is 0 Å². The van der Waals surface area contributed by atoms with Gasteiger partial charge in [0.25, 0.3) is 0 Å². The molecule has 0 radical (unpaired) electrons. The van der Waals surface area contributed by atoms with E-state index in [-0.39, 0.29) is 5.75 Å². The van der Waals surface area contributed by atoms with Crippen LogP contribution in [0.25, 0.3) is 11.1 Å². The van der Waals surface area contributed by atoms with E-state index in [9.17, 15) is 9.90 Å². The lowest BCUT2D eigenvalue weighted by molar-refractivity contribution is -0.141. The second-order valence-corrected chi connectivity index (χ2v) is 4.99. The Bertz CT molecular complexity index is 590. The van der Waals surface area contributed by atoms with Gasteiger partial charge in [-0.25, -0.2) is 0 Å². The molecule has 0 aliphatic carbocycles. The molecule has 0 bridgehead atoms. The third-order valence-corrected chi connectivity index (χ3v) is 3.45. The van der Waals surface area contributed by atoms with Crippen molar-refractivity contribution in [3.63, 3.8) is 0 Å². The number of aryl methyl sites for hydroxylation is 1. The first kappa shape index (κ1) is 14.1. The Balaban J connectivity index is 2.19. The Kier molecular flexibility index (Phi) is 4.41. The second-order valence-electron chi connectivity index (χ2n) is 4.99. The van der Waals surface area contributed by atoms with Gasteiger partial charge in [0.2, 0.25) is 0 Å². The lowest BCUT2D eigenvalue weighted by atomic mass is 9.97. The first-order chi connectivity index (χ1) is 9.58. The van der Waals surface area contributed by atoms with E-state index in [4.69, 9.17) is 5.11 Å². The van der Waals surface area contributed by atoms with Crippen molar-refractivity contribution in [2.24, 2.45) is 5.92 Å². The van der Waals surface area contributed by atoms with Crippen molar-refractivity contribution >= 4 is 5.97 Å². The average Bonchev–Trinajstić information content (AvgIpc) is 2.47. The van der Waals surface area contributed by atoms with Gasteiger partial charge in [-0.05, 0) is 41.7 Å². The molecule has 1 unspecified atom stereocenters. The molecular formula is C17H18O3. The van der Waals surface area contributed by atoms with Crippen molar-refractivity contribution in [3.05, 3.63) is 54.1 Å². The number of phenols is 1. The highest BCUT2D eigenvalue weighted by Gasteiger charge is 2.12. The molecule has 0 saturated carbocycles. The molecule has 0 aliphatic rings. The number of carboxylic acids is 1. The minimum atomic E-state index is -0.802. The monoisotopic (exact) mass is 270 g/mol. The molecule has 0 saturated heterocycles. The van der Waals surface area contributed by atoms with Crippen LogP contribution < -0.4 is 0 Å². The van der Waals surface area contributed by atoms with Crippen LogP contribution in [-0.2, 0) is 11.2 Å². The minimum absolute atomic E-state index is 0.224. The quantitative estimate of drug-likeness (QED) is 0.870. The van der Waals surface area contributed by atoms with Gasteiger partial charge in [0.05, 0.1) is 5.92 Å².